The maximum Gasteiger partial charge on any atom is 0.416 e. The first kappa shape index (κ1) is 35.3. The molecule has 0 radical (unpaired) electrons. The smallest absolute Gasteiger partial charge is 0.416 e. The first-order valence-corrected chi connectivity index (χ1v) is 15.9. The van der Waals surface area contributed by atoms with Crippen LogP contribution in [-0.2, 0) is 12.8 Å². The summed E-state index contributed by atoms with van der Waals surface area (Å²) < 4.78 is 60.3. The minimum atomic E-state index is -4.73. The maximum absolute atomic E-state index is 13.1. The van der Waals surface area contributed by atoms with E-state index in [4.69, 9.17) is 13.9 Å². The molecule has 0 fully saturated rings. The summed E-state index contributed by atoms with van der Waals surface area (Å²) in [5, 5.41) is 15.5. The summed E-state index contributed by atoms with van der Waals surface area (Å²) >= 11 is 0. The number of rotatable bonds is 11. The number of carbonyl (C=O) groups is 1. The number of benzene rings is 3. The third-order valence-electron chi connectivity index (χ3n) is 8.28. The second-order valence-electron chi connectivity index (χ2n) is 11.9. The van der Waals surface area contributed by atoms with Gasteiger partial charge in [0, 0.05) is 45.8 Å². The van der Waals surface area contributed by atoms with Crippen molar-refractivity contribution in [1.82, 2.24) is 14.6 Å². The Morgan fingerprint density at radius 1 is 0.846 bits per heavy atom. The normalized spacial score (nSPS) is 11.6. The lowest BCUT2D eigenvalue weighted by atomic mass is 10.2. The third kappa shape index (κ3) is 7.60. The number of carbonyl (C=O) groups excluding carboxylic acids is 1. The summed E-state index contributed by atoms with van der Waals surface area (Å²) in [5.74, 6) is 0.524. The van der Waals surface area contributed by atoms with Gasteiger partial charge in [-0.05, 0) is 119 Å². The quantitative estimate of drug-likeness (QED) is 0.0812. The van der Waals surface area contributed by atoms with Gasteiger partial charge in [-0.15, -0.1) is 0 Å². The van der Waals surface area contributed by atoms with Crippen LogP contribution in [0.25, 0.3) is 11.4 Å². The van der Waals surface area contributed by atoms with Crippen LogP contribution in [0, 0.1) is 37.8 Å². The molecule has 11 nitrogen and oxygen atoms in total. The average molecular weight is 712 g/mol. The van der Waals surface area contributed by atoms with Gasteiger partial charge in [-0.2, -0.15) is 18.3 Å². The number of aryl methyl sites for hydroxylation is 3. The molecule has 0 unspecified atom stereocenters. The minimum absolute atomic E-state index is 0.0686. The van der Waals surface area contributed by atoms with E-state index in [1.54, 1.807) is 36.4 Å². The van der Waals surface area contributed by atoms with Crippen molar-refractivity contribution >= 4 is 17.8 Å². The van der Waals surface area contributed by atoms with E-state index in [0.29, 0.717) is 17.6 Å². The number of amides is 1. The molecule has 266 valence electrons. The predicted molar refractivity (Wildman–Crippen MR) is 187 cm³/mol. The van der Waals surface area contributed by atoms with E-state index in [0.717, 1.165) is 51.8 Å². The van der Waals surface area contributed by atoms with Gasteiger partial charge in [0.1, 0.15) is 23.9 Å². The number of aromatic nitrogens is 2. The lowest BCUT2D eigenvalue weighted by Crippen LogP contribution is -2.16. The minimum Gasteiger partial charge on any atom is -0.486 e. The highest BCUT2D eigenvalue weighted by Crippen LogP contribution is 2.38. The number of furan rings is 1. The van der Waals surface area contributed by atoms with Gasteiger partial charge >= 0.3 is 17.8 Å². The van der Waals surface area contributed by atoms with E-state index in [-0.39, 0.29) is 23.9 Å². The summed E-state index contributed by atoms with van der Waals surface area (Å²) in [6, 6.07) is 25.5. The van der Waals surface area contributed by atoms with Crippen LogP contribution in [0.15, 0.2) is 107 Å². The van der Waals surface area contributed by atoms with E-state index < -0.39 is 28.3 Å². The Bertz CT molecular complexity index is 2260. The van der Waals surface area contributed by atoms with Gasteiger partial charge < -0.3 is 23.0 Å². The fourth-order valence-electron chi connectivity index (χ4n) is 5.74. The number of hydrogen-bond acceptors (Lipinski definition) is 7. The van der Waals surface area contributed by atoms with Crippen molar-refractivity contribution in [3.8, 4) is 28.6 Å². The van der Waals surface area contributed by atoms with Crippen LogP contribution >= 0.6 is 0 Å². The molecule has 1 N–H and O–H groups in total. The Labute approximate surface area is 295 Å². The van der Waals surface area contributed by atoms with E-state index >= 15 is 0 Å². The van der Waals surface area contributed by atoms with E-state index in [1.807, 2.05) is 62.6 Å². The van der Waals surface area contributed by atoms with Gasteiger partial charge in [-0.3, -0.25) is 14.9 Å². The molecule has 0 saturated carbocycles. The number of nitrogens with zero attached hydrogens (tertiary/aromatic N) is 4. The van der Waals surface area contributed by atoms with Crippen LogP contribution in [0.5, 0.6) is 17.2 Å². The molecule has 3 heterocycles. The van der Waals surface area contributed by atoms with Crippen molar-refractivity contribution < 1.29 is 36.8 Å². The molecule has 0 aliphatic rings. The zero-order valence-electron chi connectivity index (χ0n) is 28.4. The molecule has 3 aromatic heterocycles. The van der Waals surface area contributed by atoms with Crippen LogP contribution in [0.2, 0.25) is 0 Å². The number of halogens is 3. The maximum atomic E-state index is 13.1. The molecule has 14 heteroatoms. The van der Waals surface area contributed by atoms with Gasteiger partial charge in [0.2, 0.25) is 5.75 Å². The lowest BCUT2D eigenvalue weighted by Gasteiger charge is -2.12. The SMILES string of the molecule is Cc1ccc(C)n1-c1ccc(OCc2ccc(C(=O)N/N=C/c3cc(C)n(-c4ccc(Oc5ccc(C(F)(F)F)cc5[N+](=O)[O-])cc4)c3C)o2)cc1. The Morgan fingerprint density at radius 3 is 2.12 bits per heavy atom. The number of nitro groups is 1. The molecule has 0 bridgehead atoms. The van der Waals surface area contributed by atoms with Gasteiger partial charge in [-0.1, -0.05) is 0 Å². The van der Waals surface area contributed by atoms with E-state index in [1.165, 1.54) is 6.21 Å². The zero-order chi connectivity index (χ0) is 37.2. The summed E-state index contributed by atoms with van der Waals surface area (Å²) in [6.07, 6.45) is -3.23. The third-order valence-corrected chi connectivity index (χ3v) is 8.28. The summed E-state index contributed by atoms with van der Waals surface area (Å²) in [4.78, 5) is 23.2. The van der Waals surface area contributed by atoms with E-state index in [2.05, 4.69) is 27.2 Å². The fourth-order valence-corrected chi connectivity index (χ4v) is 5.74. The molecular weight excluding hydrogens is 679 g/mol. The van der Waals surface area contributed by atoms with Crippen LogP contribution in [-0.4, -0.2) is 26.2 Å². The Kier molecular flexibility index (Phi) is 9.73. The molecule has 6 rings (SSSR count). The number of nitrogens with one attached hydrogen (secondary N) is 1. The van der Waals surface area contributed by atoms with Gasteiger partial charge in [0.05, 0.1) is 16.7 Å². The Balaban J connectivity index is 1.05. The first-order valence-electron chi connectivity index (χ1n) is 15.9. The Morgan fingerprint density at radius 2 is 1.48 bits per heavy atom. The van der Waals surface area contributed by atoms with Gasteiger partial charge in [0.25, 0.3) is 0 Å². The number of hydrogen-bond donors (Lipinski definition) is 1. The molecular formula is C38H32F3N5O6. The number of alkyl halides is 3. The highest BCUT2D eigenvalue weighted by molar-refractivity contribution is 5.92. The monoisotopic (exact) mass is 711 g/mol. The first-order chi connectivity index (χ1) is 24.8. The Hall–Kier alpha value is -6.57. The average Bonchev–Trinajstić information content (AvgIpc) is 3.80. The summed E-state index contributed by atoms with van der Waals surface area (Å²) in [5.41, 5.74) is 6.92. The second-order valence-corrected chi connectivity index (χ2v) is 11.9. The van der Waals surface area contributed by atoms with Crippen LogP contribution in [0.1, 0.15) is 50.2 Å². The zero-order valence-corrected chi connectivity index (χ0v) is 28.4. The van der Waals surface area contributed by atoms with Crippen molar-refractivity contribution in [1.29, 1.82) is 0 Å². The van der Waals surface area contributed by atoms with Crippen molar-refractivity contribution in [3.63, 3.8) is 0 Å². The van der Waals surface area contributed by atoms with Crippen molar-refractivity contribution in [2.45, 2.75) is 40.5 Å². The highest BCUT2D eigenvalue weighted by Gasteiger charge is 2.33. The molecule has 0 atom stereocenters. The predicted octanol–water partition coefficient (Wildman–Crippen LogP) is 9.16. The van der Waals surface area contributed by atoms with Crippen LogP contribution in [0.3, 0.4) is 0 Å². The summed E-state index contributed by atoms with van der Waals surface area (Å²) in [6.45, 7) is 7.97. The molecule has 3 aromatic carbocycles. The molecule has 52 heavy (non-hydrogen) atoms. The van der Waals surface area contributed by atoms with Crippen molar-refractivity contribution in [2.24, 2.45) is 5.10 Å². The molecule has 0 aliphatic heterocycles. The highest BCUT2D eigenvalue weighted by atomic mass is 19.4. The molecule has 0 saturated heterocycles. The number of hydrazone groups is 1. The van der Waals surface area contributed by atoms with Gasteiger partial charge in [0.15, 0.2) is 5.76 Å². The molecule has 6 aromatic rings. The van der Waals surface area contributed by atoms with E-state index in [9.17, 15) is 28.1 Å². The topological polar surface area (TPSA) is 126 Å². The summed E-state index contributed by atoms with van der Waals surface area (Å²) in [7, 11) is 0. The number of nitro benzene ring substituents is 1. The van der Waals surface area contributed by atoms with Crippen molar-refractivity contribution in [2.75, 3.05) is 0 Å². The lowest BCUT2D eigenvalue weighted by molar-refractivity contribution is -0.385. The largest absolute Gasteiger partial charge is 0.486 e. The molecule has 0 spiro atoms. The molecule has 1 amide bonds. The van der Waals surface area contributed by atoms with Crippen LogP contribution < -0.4 is 14.9 Å². The molecule has 0 aliphatic carbocycles. The van der Waals surface area contributed by atoms with Crippen molar-refractivity contribution in [3.05, 3.63) is 153 Å². The second kappa shape index (κ2) is 14.3. The van der Waals surface area contributed by atoms with Gasteiger partial charge in [-0.25, -0.2) is 5.43 Å². The van der Waals surface area contributed by atoms with Crippen LogP contribution in [0.4, 0.5) is 18.9 Å². The fraction of sp³-hybridized carbons (Fsp3) is 0.158. The standard InChI is InChI=1S/C38H32F3N5O6/c1-23-5-6-24(2)44(23)29-8-12-31(13-9-29)50-22-33-16-18-36(52-33)37(47)43-42-21-27-19-25(3)45(26(27)4)30-10-14-32(15-11-30)51-35-17-7-28(38(39,40)41)20-34(35)46(48)49/h5-21H,22H2,1-4H3,(H,43,47)/b42-21+. The number of ether oxygens (including phenoxy) is 2.